The zero-order chi connectivity index (χ0) is 12.1. The number of hydrogen-bond acceptors (Lipinski definition) is 3. The van der Waals surface area contributed by atoms with Gasteiger partial charge in [0.25, 0.3) is 0 Å². The first-order valence-electron chi connectivity index (χ1n) is 5.08. The molecule has 1 aromatic rings. The summed E-state index contributed by atoms with van der Waals surface area (Å²) in [5.74, 6) is -0.484. The van der Waals surface area contributed by atoms with Crippen LogP contribution in [0.15, 0.2) is 12.1 Å². The highest BCUT2D eigenvalue weighted by molar-refractivity contribution is 6.32. The molecule has 0 aliphatic heterocycles. The number of aliphatic hydroxyl groups excluding tert-OH is 1. The van der Waals surface area contributed by atoms with Gasteiger partial charge in [-0.2, -0.15) is 0 Å². The molecule has 0 amide bonds. The smallest absolute Gasteiger partial charge is 0.173 e. The number of aliphatic hydroxyl groups is 1. The van der Waals surface area contributed by atoms with Crippen LogP contribution in [0.1, 0.15) is 24.9 Å². The van der Waals surface area contributed by atoms with Crippen LogP contribution in [0.3, 0.4) is 0 Å². The molecular formula is C11H16Cl2FNO2. The van der Waals surface area contributed by atoms with Gasteiger partial charge < -0.3 is 15.6 Å². The third-order valence-electron chi connectivity index (χ3n) is 2.18. The summed E-state index contributed by atoms with van der Waals surface area (Å²) in [4.78, 5) is 0. The van der Waals surface area contributed by atoms with Crippen molar-refractivity contribution in [1.82, 2.24) is 0 Å². The zero-order valence-corrected chi connectivity index (χ0v) is 11.0. The molecule has 3 N–H and O–H groups in total. The van der Waals surface area contributed by atoms with E-state index in [1.165, 1.54) is 6.07 Å². The highest BCUT2D eigenvalue weighted by Gasteiger charge is 2.14. The molecule has 1 atom stereocenters. The van der Waals surface area contributed by atoms with Gasteiger partial charge in [-0.25, -0.2) is 4.39 Å². The fourth-order valence-electron chi connectivity index (χ4n) is 1.38. The van der Waals surface area contributed by atoms with Gasteiger partial charge in [0.05, 0.1) is 11.6 Å². The molecule has 0 aromatic heterocycles. The normalized spacial score (nSPS) is 11.8. The molecule has 0 fully saturated rings. The monoisotopic (exact) mass is 283 g/mol. The number of rotatable bonds is 5. The van der Waals surface area contributed by atoms with Crippen molar-refractivity contribution in [2.75, 3.05) is 13.2 Å². The molecule has 0 aliphatic rings. The predicted octanol–water partition coefficient (Wildman–Crippen LogP) is 2.68. The second-order valence-corrected chi connectivity index (χ2v) is 3.77. The van der Waals surface area contributed by atoms with Crippen LogP contribution in [-0.2, 0) is 0 Å². The third kappa shape index (κ3) is 4.32. The number of hydrogen-bond donors (Lipinski definition) is 2. The summed E-state index contributed by atoms with van der Waals surface area (Å²) >= 11 is 5.87. The Morgan fingerprint density at radius 2 is 2.18 bits per heavy atom. The van der Waals surface area contributed by atoms with Gasteiger partial charge in [0.15, 0.2) is 11.6 Å². The van der Waals surface area contributed by atoms with E-state index in [4.69, 9.17) is 27.2 Å². The minimum Gasteiger partial charge on any atom is -0.489 e. The average molecular weight is 284 g/mol. The molecule has 6 heteroatoms. The lowest BCUT2D eigenvalue weighted by atomic mass is 10.0. The summed E-state index contributed by atoms with van der Waals surface area (Å²) < 4.78 is 18.6. The first-order chi connectivity index (χ1) is 7.60. The van der Waals surface area contributed by atoms with Crippen LogP contribution in [0.25, 0.3) is 0 Å². The fraction of sp³-hybridized carbons (Fsp3) is 0.455. The highest BCUT2D eigenvalue weighted by Crippen LogP contribution is 2.31. The Morgan fingerprint density at radius 3 is 2.65 bits per heavy atom. The van der Waals surface area contributed by atoms with Crippen LogP contribution >= 0.6 is 24.0 Å². The molecule has 0 saturated heterocycles. The van der Waals surface area contributed by atoms with Crippen LogP contribution in [0.2, 0.25) is 5.02 Å². The van der Waals surface area contributed by atoms with Crippen LogP contribution < -0.4 is 10.5 Å². The Hall–Kier alpha value is -0.550. The molecule has 98 valence electrons. The van der Waals surface area contributed by atoms with Crippen LogP contribution in [0.5, 0.6) is 5.75 Å². The molecule has 0 radical (unpaired) electrons. The van der Waals surface area contributed by atoms with Crippen LogP contribution in [0.4, 0.5) is 4.39 Å². The van der Waals surface area contributed by atoms with Crippen molar-refractivity contribution >= 4 is 24.0 Å². The van der Waals surface area contributed by atoms with Crippen molar-refractivity contribution in [3.8, 4) is 5.75 Å². The minimum absolute atomic E-state index is 0. The summed E-state index contributed by atoms with van der Waals surface area (Å²) in [7, 11) is 0. The van der Waals surface area contributed by atoms with Gasteiger partial charge in [-0.3, -0.25) is 0 Å². The maximum Gasteiger partial charge on any atom is 0.173 e. The van der Waals surface area contributed by atoms with Gasteiger partial charge in [0.2, 0.25) is 0 Å². The molecule has 0 spiro atoms. The molecule has 17 heavy (non-hydrogen) atoms. The van der Waals surface area contributed by atoms with E-state index in [0.717, 1.165) is 0 Å². The summed E-state index contributed by atoms with van der Waals surface area (Å²) in [6.07, 6.45) is 0.365. The summed E-state index contributed by atoms with van der Waals surface area (Å²) in [5.41, 5.74) is 6.30. The Morgan fingerprint density at radius 1 is 1.53 bits per heavy atom. The maximum absolute atomic E-state index is 13.6. The first kappa shape index (κ1) is 16.4. The fourth-order valence-corrected chi connectivity index (χ4v) is 1.65. The van der Waals surface area contributed by atoms with Gasteiger partial charge in [-0.1, -0.05) is 11.6 Å². The van der Waals surface area contributed by atoms with E-state index in [0.29, 0.717) is 18.6 Å². The van der Waals surface area contributed by atoms with E-state index in [9.17, 15) is 4.39 Å². The van der Waals surface area contributed by atoms with Crippen molar-refractivity contribution in [2.45, 2.75) is 19.4 Å². The zero-order valence-electron chi connectivity index (χ0n) is 9.45. The Bertz CT molecular complexity index is 340. The van der Waals surface area contributed by atoms with Crippen molar-refractivity contribution in [1.29, 1.82) is 0 Å². The number of nitrogens with two attached hydrogens (primary N) is 1. The molecule has 0 unspecified atom stereocenters. The van der Waals surface area contributed by atoms with Crippen LogP contribution in [-0.4, -0.2) is 18.3 Å². The van der Waals surface area contributed by atoms with E-state index in [1.54, 1.807) is 13.0 Å². The quantitative estimate of drug-likeness (QED) is 0.874. The largest absolute Gasteiger partial charge is 0.489 e. The molecule has 1 aromatic carbocycles. The molecule has 0 saturated carbocycles. The first-order valence-corrected chi connectivity index (χ1v) is 5.46. The van der Waals surface area contributed by atoms with Gasteiger partial charge in [0.1, 0.15) is 0 Å². The Balaban J connectivity index is 0.00000256. The lowest BCUT2D eigenvalue weighted by molar-refractivity contribution is 0.276. The SMILES string of the molecule is CCOc1c(F)cc([C@@H](N)CCO)cc1Cl.Cl. The van der Waals surface area contributed by atoms with E-state index >= 15 is 0 Å². The Labute approximate surface area is 111 Å². The maximum atomic E-state index is 13.6. The number of halogens is 3. The van der Waals surface area contributed by atoms with Crippen molar-refractivity contribution < 1.29 is 14.2 Å². The molecule has 0 bridgehead atoms. The van der Waals surface area contributed by atoms with E-state index in [1.807, 2.05) is 0 Å². The molecule has 0 aliphatic carbocycles. The molecular weight excluding hydrogens is 268 g/mol. The predicted molar refractivity (Wildman–Crippen MR) is 68.5 cm³/mol. The average Bonchev–Trinajstić information content (AvgIpc) is 2.23. The standard InChI is InChI=1S/C11H15ClFNO2.ClH/c1-2-16-11-8(12)5-7(6-9(11)13)10(14)3-4-15;/h5-6,10,15H,2-4,14H2,1H3;1H/t10-;/m0./s1. The number of benzene rings is 1. The van der Waals surface area contributed by atoms with E-state index in [-0.39, 0.29) is 29.8 Å². The van der Waals surface area contributed by atoms with Gasteiger partial charge in [-0.15, -0.1) is 12.4 Å². The van der Waals surface area contributed by atoms with Gasteiger partial charge in [-0.05, 0) is 31.0 Å². The minimum atomic E-state index is -0.530. The second kappa shape index (κ2) is 7.71. The molecule has 3 nitrogen and oxygen atoms in total. The Kier molecular flexibility index (Phi) is 7.46. The van der Waals surface area contributed by atoms with Crippen LogP contribution in [0, 0.1) is 5.82 Å². The van der Waals surface area contributed by atoms with E-state index in [2.05, 4.69) is 0 Å². The van der Waals surface area contributed by atoms with E-state index < -0.39 is 11.9 Å². The van der Waals surface area contributed by atoms with Gasteiger partial charge >= 0.3 is 0 Å². The lowest BCUT2D eigenvalue weighted by Gasteiger charge is -2.13. The lowest BCUT2D eigenvalue weighted by Crippen LogP contribution is -2.12. The topological polar surface area (TPSA) is 55.5 Å². The summed E-state index contributed by atoms with van der Waals surface area (Å²) in [6.45, 7) is 2.05. The molecule has 1 rings (SSSR count). The molecule has 0 heterocycles. The summed E-state index contributed by atoms with van der Waals surface area (Å²) in [6, 6.07) is 2.43. The van der Waals surface area contributed by atoms with Crippen molar-refractivity contribution in [3.05, 3.63) is 28.5 Å². The second-order valence-electron chi connectivity index (χ2n) is 3.37. The summed E-state index contributed by atoms with van der Waals surface area (Å²) in [5, 5.41) is 8.94. The third-order valence-corrected chi connectivity index (χ3v) is 2.46. The van der Waals surface area contributed by atoms with Crippen molar-refractivity contribution in [2.24, 2.45) is 5.73 Å². The number of ether oxygens (including phenoxy) is 1. The highest BCUT2D eigenvalue weighted by atomic mass is 35.5. The van der Waals surface area contributed by atoms with Gasteiger partial charge in [0, 0.05) is 12.6 Å². The van der Waals surface area contributed by atoms with Crippen molar-refractivity contribution in [3.63, 3.8) is 0 Å².